The Hall–Kier alpha value is -1.52. The van der Waals surface area contributed by atoms with Crippen molar-refractivity contribution in [3.63, 3.8) is 0 Å². The second-order valence-corrected chi connectivity index (χ2v) is 5.56. The number of hydrogen-bond acceptors (Lipinski definition) is 1. The van der Waals surface area contributed by atoms with Crippen LogP contribution in [-0.2, 0) is 0 Å². The van der Waals surface area contributed by atoms with E-state index in [0.717, 1.165) is 25.0 Å². The van der Waals surface area contributed by atoms with Gasteiger partial charge in [0.1, 0.15) is 5.83 Å². The molecule has 1 nitrogen and oxygen atoms in total. The van der Waals surface area contributed by atoms with E-state index < -0.39 is 34.8 Å². The third kappa shape index (κ3) is 3.22. The van der Waals surface area contributed by atoms with Gasteiger partial charge in [-0.2, -0.15) is 4.39 Å². The van der Waals surface area contributed by atoms with E-state index in [9.17, 15) is 17.6 Å². The standard InChI is InChI=1S/C16H18F4O/c1-9-3-5-10(6-4-9)13(17)14(18)11-7-8-12(21-2)16(20)15(11)19/h7-10H,3-6H2,1-2H3. The monoisotopic (exact) mass is 302 g/mol. The fourth-order valence-corrected chi connectivity index (χ4v) is 2.68. The van der Waals surface area contributed by atoms with Gasteiger partial charge in [-0.05, 0) is 30.9 Å². The molecule has 0 amide bonds. The molecule has 1 aromatic rings. The van der Waals surface area contributed by atoms with Crippen molar-refractivity contribution in [2.24, 2.45) is 11.8 Å². The average Bonchev–Trinajstić information content (AvgIpc) is 2.49. The molecule has 0 saturated heterocycles. The van der Waals surface area contributed by atoms with Crippen LogP contribution in [0.5, 0.6) is 5.75 Å². The first-order valence-electron chi connectivity index (χ1n) is 7.03. The molecule has 1 aromatic carbocycles. The Bertz CT molecular complexity index is 545. The van der Waals surface area contributed by atoms with Gasteiger partial charge in [0, 0.05) is 5.92 Å². The summed E-state index contributed by atoms with van der Waals surface area (Å²) in [5.41, 5.74) is -0.690. The van der Waals surface area contributed by atoms with Crippen LogP contribution in [0.3, 0.4) is 0 Å². The quantitative estimate of drug-likeness (QED) is 0.679. The van der Waals surface area contributed by atoms with Crippen molar-refractivity contribution in [3.05, 3.63) is 35.2 Å². The zero-order valence-electron chi connectivity index (χ0n) is 12.1. The summed E-state index contributed by atoms with van der Waals surface area (Å²) in [7, 11) is 1.17. The Morgan fingerprint density at radius 3 is 2.24 bits per heavy atom. The Balaban J connectivity index is 2.32. The fourth-order valence-electron chi connectivity index (χ4n) is 2.68. The van der Waals surface area contributed by atoms with E-state index in [1.807, 2.05) is 0 Å². The summed E-state index contributed by atoms with van der Waals surface area (Å²) in [5, 5.41) is 0. The zero-order valence-corrected chi connectivity index (χ0v) is 12.1. The Labute approximate surface area is 121 Å². The molecule has 0 heterocycles. The van der Waals surface area contributed by atoms with E-state index in [1.165, 1.54) is 7.11 Å². The van der Waals surface area contributed by atoms with Crippen LogP contribution in [0.25, 0.3) is 5.83 Å². The molecule has 1 aliphatic rings. The lowest BCUT2D eigenvalue weighted by Gasteiger charge is -2.25. The second kappa shape index (κ2) is 6.50. The van der Waals surface area contributed by atoms with E-state index in [0.29, 0.717) is 18.8 Å². The van der Waals surface area contributed by atoms with Gasteiger partial charge in [-0.1, -0.05) is 19.8 Å². The number of methoxy groups -OCH3 is 1. The molecule has 2 rings (SSSR count). The van der Waals surface area contributed by atoms with E-state index >= 15 is 0 Å². The summed E-state index contributed by atoms with van der Waals surface area (Å²) in [5.74, 6) is -5.42. The molecule has 116 valence electrons. The molecule has 0 unspecified atom stereocenters. The predicted molar refractivity (Wildman–Crippen MR) is 73.2 cm³/mol. The Morgan fingerprint density at radius 1 is 1.05 bits per heavy atom. The second-order valence-electron chi connectivity index (χ2n) is 5.56. The molecule has 0 N–H and O–H groups in total. The largest absolute Gasteiger partial charge is 0.494 e. The van der Waals surface area contributed by atoms with Crippen LogP contribution in [0, 0.1) is 23.5 Å². The number of ether oxygens (including phenoxy) is 1. The normalized spacial score (nSPS) is 23.7. The first-order valence-corrected chi connectivity index (χ1v) is 7.03. The van der Waals surface area contributed by atoms with Crippen molar-refractivity contribution in [2.45, 2.75) is 32.6 Å². The molecule has 0 aromatic heterocycles. The lowest BCUT2D eigenvalue weighted by Crippen LogP contribution is -2.13. The van der Waals surface area contributed by atoms with Gasteiger partial charge in [-0.15, -0.1) is 0 Å². The van der Waals surface area contributed by atoms with Crippen LogP contribution < -0.4 is 4.74 Å². The van der Waals surface area contributed by atoms with Crippen LogP contribution >= 0.6 is 0 Å². The minimum absolute atomic E-state index is 0.337. The molecule has 5 heteroatoms. The smallest absolute Gasteiger partial charge is 0.201 e. The summed E-state index contributed by atoms with van der Waals surface area (Å²) in [4.78, 5) is 0. The lowest BCUT2D eigenvalue weighted by atomic mass is 9.82. The third-order valence-electron chi connectivity index (χ3n) is 4.09. The Kier molecular flexibility index (Phi) is 4.91. The van der Waals surface area contributed by atoms with E-state index in [-0.39, 0.29) is 5.75 Å². The van der Waals surface area contributed by atoms with Crippen molar-refractivity contribution in [2.75, 3.05) is 7.11 Å². The molecular weight excluding hydrogens is 284 g/mol. The van der Waals surface area contributed by atoms with Crippen molar-refractivity contribution in [1.82, 2.24) is 0 Å². The summed E-state index contributed by atoms with van der Waals surface area (Å²) in [6, 6.07) is 2.08. The first-order chi connectivity index (χ1) is 9.95. The summed E-state index contributed by atoms with van der Waals surface area (Å²) >= 11 is 0. The summed E-state index contributed by atoms with van der Waals surface area (Å²) in [6.07, 6.45) is 2.68. The van der Waals surface area contributed by atoms with Gasteiger partial charge in [0.15, 0.2) is 17.4 Å². The van der Waals surface area contributed by atoms with E-state index in [2.05, 4.69) is 11.7 Å². The highest BCUT2D eigenvalue weighted by Crippen LogP contribution is 2.38. The molecular formula is C16H18F4O. The molecule has 0 atom stereocenters. The van der Waals surface area contributed by atoms with E-state index in [1.54, 1.807) is 0 Å². The predicted octanol–water partition coefficient (Wildman–Crippen LogP) is 5.41. The zero-order chi connectivity index (χ0) is 15.6. The van der Waals surface area contributed by atoms with Crippen LogP contribution in [-0.4, -0.2) is 7.11 Å². The fraction of sp³-hybridized carbons (Fsp3) is 0.500. The maximum Gasteiger partial charge on any atom is 0.201 e. The molecule has 1 saturated carbocycles. The lowest BCUT2D eigenvalue weighted by molar-refractivity contribution is 0.286. The summed E-state index contributed by atoms with van der Waals surface area (Å²) in [6.45, 7) is 2.06. The molecule has 0 aliphatic heterocycles. The van der Waals surface area contributed by atoms with Crippen LogP contribution in [0.4, 0.5) is 17.6 Å². The maximum atomic E-state index is 14.2. The molecule has 0 bridgehead atoms. The van der Waals surface area contributed by atoms with Gasteiger partial charge in [-0.25, -0.2) is 13.2 Å². The SMILES string of the molecule is COc1ccc(C(F)=C(F)C2CCC(C)CC2)c(F)c1F. The highest BCUT2D eigenvalue weighted by Gasteiger charge is 2.27. The minimum atomic E-state index is -1.42. The Morgan fingerprint density at radius 2 is 1.67 bits per heavy atom. The molecule has 0 spiro atoms. The van der Waals surface area contributed by atoms with Gasteiger partial charge in [-0.3, -0.25) is 0 Å². The number of hydrogen-bond donors (Lipinski definition) is 0. The highest BCUT2D eigenvalue weighted by atomic mass is 19.2. The van der Waals surface area contributed by atoms with Crippen molar-refractivity contribution >= 4 is 5.83 Å². The van der Waals surface area contributed by atoms with Gasteiger partial charge in [0.25, 0.3) is 0 Å². The summed E-state index contributed by atoms with van der Waals surface area (Å²) < 4.78 is 60.3. The van der Waals surface area contributed by atoms with Gasteiger partial charge in [0.05, 0.1) is 12.7 Å². The molecule has 1 fully saturated rings. The molecule has 21 heavy (non-hydrogen) atoms. The van der Waals surface area contributed by atoms with Crippen molar-refractivity contribution < 1.29 is 22.3 Å². The number of rotatable bonds is 3. The van der Waals surface area contributed by atoms with Crippen molar-refractivity contribution in [3.8, 4) is 5.75 Å². The van der Waals surface area contributed by atoms with Crippen LogP contribution in [0.15, 0.2) is 18.0 Å². The van der Waals surface area contributed by atoms with Crippen LogP contribution in [0.1, 0.15) is 38.2 Å². The number of allylic oxidation sites excluding steroid dienone is 1. The number of halogens is 4. The topological polar surface area (TPSA) is 9.23 Å². The average molecular weight is 302 g/mol. The maximum absolute atomic E-state index is 14.2. The van der Waals surface area contributed by atoms with Gasteiger partial charge in [0.2, 0.25) is 5.82 Å². The van der Waals surface area contributed by atoms with Gasteiger partial charge < -0.3 is 4.74 Å². The highest BCUT2D eigenvalue weighted by molar-refractivity contribution is 5.63. The van der Waals surface area contributed by atoms with Crippen molar-refractivity contribution in [1.29, 1.82) is 0 Å². The third-order valence-corrected chi connectivity index (χ3v) is 4.09. The van der Waals surface area contributed by atoms with Crippen LogP contribution in [0.2, 0.25) is 0 Å². The minimum Gasteiger partial charge on any atom is -0.494 e. The molecule has 0 radical (unpaired) electrons. The first kappa shape index (κ1) is 15.9. The number of benzene rings is 1. The van der Waals surface area contributed by atoms with Gasteiger partial charge >= 0.3 is 0 Å². The molecule has 1 aliphatic carbocycles. The van der Waals surface area contributed by atoms with E-state index in [4.69, 9.17) is 0 Å².